The van der Waals surface area contributed by atoms with E-state index in [1.54, 1.807) is 30.3 Å². The van der Waals surface area contributed by atoms with Crippen molar-refractivity contribution in [2.24, 2.45) is 5.10 Å². The number of urea groups is 1. The molecule has 0 radical (unpaired) electrons. The van der Waals surface area contributed by atoms with Crippen LogP contribution in [0, 0.1) is 0 Å². The SMILES string of the molecule is O=C(N/N=C\c1ccccc1C(F)(F)F)Nc1ccccc1. The average Bonchev–Trinajstić information content (AvgIpc) is 2.48. The largest absolute Gasteiger partial charge is 0.417 e. The van der Waals surface area contributed by atoms with Crippen LogP contribution in [0.2, 0.25) is 0 Å². The van der Waals surface area contributed by atoms with Crippen molar-refractivity contribution < 1.29 is 18.0 Å². The molecule has 114 valence electrons. The van der Waals surface area contributed by atoms with Gasteiger partial charge in [0.15, 0.2) is 0 Å². The molecule has 2 N–H and O–H groups in total. The monoisotopic (exact) mass is 307 g/mol. The Balaban J connectivity index is 2.00. The minimum Gasteiger partial charge on any atom is -0.307 e. The zero-order chi connectivity index (χ0) is 16.0. The van der Waals surface area contributed by atoms with Crippen molar-refractivity contribution >= 4 is 17.9 Å². The van der Waals surface area contributed by atoms with Crippen LogP contribution in [-0.2, 0) is 6.18 Å². The summed E-state index contributed by atoms with van der Waals surface area (Å²) in [6.07, 6.45) is -3.53. The number of hydrogen-bond acceptors (Lipinski definition) is 2. The molecule has 0 fully saturated rings. The smallest absolute Gasteiger partial charge is 0.307 e. The molecule has 22 heavy (non-hydrogen) atoms. The summed E-state index contributed by atoms with van der Waals surface area (Å²) >= 11 is 0. The zero-order valence-electron chi connectivity index (χ0n) is 11.3. The number of hydrazone groups is 1. The topological polar surface area (TPSA) is 53.5 Å². The van der Waals surface area contributed by atoms with Crippen molar-refractivity contribution in [3.8, 4) is 0 Å². The lowest BCUT2D eigenvalue weighted by molar-refractivity contribution is -0.137. The van der Waals surface area contributed by atoms with E-state index in [1.165, 1.54) is 18.2 Å². The van der Waals surface area contributed by atoms with Crippen molar-refractivity contribution in [3.05, 3.63) is 65.7 Å². The van der Waals surface area contributed by atoms with E-state index in [9.17, 15) is 18.0 Å². The van der Waals surface area contributed by atoms with Crippen molar-refractivity contribution in [2.45, 2.75) is 6.18 Å². The molecule has 0 atom stereocenters. The number of halogens is 3. The van der Waals surface area contributed by atoms with Gasteiger partial charge >= 0.3 is 12.2 Å². The number of nitrogens with zero attached hydrogens (tertiary/aromatic N) is 1. The van der Waals surface area contributed by atoms with E-state index in [4.69, 9.17) is 0 Å². The van der Waals surface area contributed by atoms with E-state index < -0.39 is 17.8 Å². The van der Waals surface area contributed by atoms with Crippen LogP contribution in [0.1, 0.15) is 11.1 Å². The maximum atomic E-state index is 12.8. The van der Waals surface area contributed by atoms with Gasteiger partial charge in [-0.25, -0.2) is 10.2 Å². The first kappa shape index (κ1) is 15.6. The third kappa shape index (κ3) is 4.34. The Kier molecular flexibility index (Phi) is 4.77. The standard InChI is InChI=1S/C15H12F3N3O/c16-15(17,18)13-9-5-4-6-11(13)10-19-21-14(22)20-12-7-2-1-3-8-12/h1-10H,(H2,20,21,22)/b19-10-. The summed E-state index contributed by atoms with van der Waals surface area (Å²) in [6.45, 7) is 0. The third-order valence-electron chi connectivity index (χ3n) is 2.67. The Bertz CT molecular complexity index is 669. The van der Waals surface area contributed by atoms with Gasteiger partial charge in [-0.2, -0.15) is 18.3 Å². The molecular weight excluding hydrogens is 295 g/mol. The first-order valence-electron chi connectivity index (χ1n) is 6.28. The summed E-state index contributed by atoms with van der Waals surface area (Å²) in [7, 11) is 0. The number of amides is 2. The maximum absolute atomic E-state index is 12.8. The molecule has 2 rings (SSSR count). The van der Waals surface area contributed by atoms with E-state index in [1.807, 2.05) is 0 Å². The summed E-state index contributed by atoms with van der Waals surface area (Å²) in [5, 5.41) is 6.01. The predicted octanol–water partition coefficient (Wildman–Crippen LogP) is 3.86. The molecule has 4 nitrogen and oxygen atoms in total. The summed E-state index contributed by atoms with van der Waals surface area (Å²) in [6, 6.07) is 12.9. The van der Waals surface area contributed by atoms with E-state index >= 15 is 0 Å². The number of nitrogens with one attached hydrogen (secondary N) is 2. The van der Waals surface area contributed by atoms with E-state index in [0.717, 1.165) is 12.3 Å². The summed E-state index contributed by atoms with van der Waals surface area (Å²) < 4.78 is 38.3. The lowest BCUT2D eigenvalue weighted by Crippen LogP contribution is -2.24. The Morgan fingerprint density at radius 2 is 1.64 bits per heavy atom. The summed E-state index contributed by atoms with van der Waals surface area (Å²) in [4.78, 5) is 11.5. The van der Waals surface area contributed by atoms with Crippen LogP contribution in [0.4, 0.5) is 23.7 Å². The van der Waals surface area contributed by atoms with Crippen LogP contribution in [0.15, 0.2) is 59.7 Å². The number of carbonyl (C=O) groups is 1. The molecule has 0 aliphatic carbocycles. The number of alkyl halides is 3. The number of rotatable bonds is 3. The van der Waals surface area contributed by atoms with Gasteiger partial charge in [0.25, 0.3) is 0 Å². The molecule has 0 saturated carbocycles. The zero-order valence-corrected chi connectivity index (χ0v) is 11.3. The summed E-state index contributed by atoms with van der Waals surface area (Å²) in [5.41, 5.74) is 1.71. The normalized spacial score (nSPS) is 11.4. The molecule has 0 unspecified atom stereocenters. The van der Waals surface area contributed by atoms with Crippen molar-refractivity contribution in [2.75, 3.05) is 5.32 Å². The molecule has 0 bridgehead atoms. The highest BCUT2D eigenvalue weighted by molar-refractivity contribution is 5.90. The van der Waals surface area contributed by atoms with Gasteiger partial charge in [-0.1, -0.05) is 36.4 Å². The Morgan fingerprint density at radius 1 is 1.00 bits per heavy atom. The molecule has 2 aromatic carbocycles. The van der Waals surface area contributed by atoms with Crippen LogP contribution in [0.5, 0.6) is 0 Å². The second-order valence-corrected chi connectivity index (χ2v) is 4.28. The first-order valence-corrected chi connectivity index (χ1v) is 6.28. The molecule has 0 heterocycles. The van der Waals surface area contributed by atoms with Crippen LogP contribution >= 0.6 is 0 Å². The van der Waals surface area contributed by atoms with Gasteiger partial charge in [0.2, 0.25) is 0 Å². The Hall–Kier alpha value is -2.83. The maximum Gasteiger partial charge on any atom is 0.417 e. The molecule has 0 aromatic heterocycles. The fourth-order valence-electron chi connectivity index (χ4n) is 1.71. The number of anilines is 1. The second kappa shape index (κ2) is 6.75. The lowest BCUT2D eigenvalue weighted by Gasteiger charge is -2.09. The molecule has 0 saturated heterocycles. The lowest BCUT2D eigenvalue weighted by atomic mass is 10.1. The first-order chi connectivity index (χ1) is 10.5. The van der Waals surface area contributed by atoms with Gasteiger partial charge < -0.3 is 5.32 Å². The van der Waals surface area contributed by atoms with Gasteiger partial charge in [-0.3, -0.25) is 0 Å². The van der Waals surface area contributed by atoms with E-state index in [0.29, 0.717) is 5.69 Å². The molecule has 0 aliphatic heterocycles. The van der Waals surface area contributed by atoms with Crippen LogP contribution in [0.3, 0.4) is 0 Å². The number of hydrogen-bond donors (Lipinski definition) is 2. The van der Waals surface area contributed by atoms with Gasteiger partial charge in [-0.05, 0) is 18.2 Å². The minimum absolute atomic E-state index is 0.130. The molecule has 7 heteroatoms. The van der Waals surface area contributed by atoms with Crippen molar-refractivity contribution in [1.29, 1.82) is 0 Å². The van der Waals surface area contributed by atoms with Gasteiger partial charge in [0.05, 0.1) is 11.8 Å². The van der Waals surface area contributed by atoms with Crippen molar-refractivity contribution in [3.63, 3.8) is 0 Å². The highest BCUT2D eigenvalue weighted by Crippen LogP contribution is 2.30. The summed E-state index contributed by atoms with van der Waals surface area (Å²) in [5.74, 6) is 0. The molecule has 2 aromatic rings. The van der Waals surface area contributed by atoms with Crippen molar-refractivity contribution in [1.82, 2.24) is 5.43 Å². The van der Waals surface area contributed by atoms with Crippen LogP contribution in [-0.4, -0.2) is 12.2 Å². The van der Waals surface area contributed by atoms with Crippen LogP contribution in [0.25, 0.3) is 0 Å². The number of carbonyl (C=O) groups excluding carboxylic acids is 1. The highest BCUT2D eigenvalue weighted by Gasteiger charge is 2.32. The highest BCUT2D eigenvalue weighted by atomic mass is 19.4. The Labute approximate surface area is 124 Å². The third-order valence-corrected chi connectivity index (χ3v) is 2.67. The fraction of sp³-hybridized carbons (Fsp3) is 0.0667. The van der Waals surface area contributed by atoms with Gasteiger partial charge in [-0.15, -0.1) is 0 Å². The van der Waals surface area contributed by atoms with Crippen LogP contribution < -0.4 is 10.7 Å². The van der Waals surface area contributed by atoms with E-state index in [-0.39, 0.29) is 5.56 Å². The fourth-order valence-corrected chi connectivity index (χ4v) is 1.71. The minimum atomic E-state index is -4.48. The number of benzene rings is 2. The number of para-hydroxylation sites is 1. The van der Waals surface area contributed by atoms with Gasteiger partial charge in [0.1, 0.15) is 0 Å². The van der Waals surface area contributed by atoms with E-state index in [2.05, 4.69) is 15.8 Å². The molecule has 2 amide bonds. The second-order valence-electron chi connectivity index (χ2n) is 4.28. The molecule has 0 aliphatic rings. The van der Waals surface area contributed by atoms with Gasteiger partial charge in [0, 0.05) is 11.3 Å². The Morgan fingerprint density at radius 3 is 2.32 bits per heavy atom. The quantitative estimate of drug-likeness (QED) is 0.656. The predicted molar refractivity (Wildman–Crippen MR) is 77.6 cm³/mol. The average molecular weight is 307 g/mol. The molecular formula is C15H12F3N3O. The molecule has 0 spiro atoms.